The van der Waals surface area contributed by atoms with E-state index in [9.17, 15) is 19.2 Å². The maximum atomic E-state index is 13.9. The van der Waals surface area contributed by atoms with Crippen molar-refractivity contribution >= 4 is 23.6 Å². The zero-order valence-corrected chi connectivity index (χ0v) is 20.1. The summed E-state index contributed by atoms with van der Waals surface area (Å²) in [5, 5.41) is 2.64. The Hall–Kier alpha value is -2.12. The Kier molecular flexibility index (Phi) is 5.90. The lowest BCUT2D eigenvalue weighted by Crippen LogP contribution is -2.59. The minimum atomic E-state index is -0.590. The van der Waals surface area contributed by atoms with Crippen LogP contribution >= 0.6 is 0 Å². The molecule has 4 saturated carbocycles. The van der Waals surface area contributed by atoms with Crippen LogP contribution in [0.2, 0.25) is 0 Å². The van der Waals surface area contributed by atoms with Gasteiger partial charge in [-0.25, -0.2) is 0 Å². The van der Waals surface area contributed by atoms with Crippen molar-refractivity contribution in [2.24, 2.45) is 23.2 Å². The molecule has 1 N–H and O–H groups in total. The lowest BCUT2D eigenvalue weighted by atomic mass is 9.49. The van der Waals surface area contributed by atoms with E-state index in [-0.39, 0.29) is 29.3 Å². The predicted octanol–water partition coefficient (Wildman–Crippen LogP) is 1.39. The first-order valence-electron chi connectivity index (χ1n) is 13.0. The summed E-state index contributed by atoms with van der Waals surface area (Å²) in [6.07, 6.45) is 8.57. The molecule has 2 heterocycles. The van der Waals surface area contributed by atoms with E-state index in [1.54, 1.807) is 4.90 Å². The lowest BCUT2D eigenvalue weighted by molar-refractivity contribution is -0.162. The number of carbonyl (C=O) groups excluding carboxylic acids is 4. The first-order chi connectivity index (χ1) is 15.8. The van der Waals surface area contributed by atoms with Crippen molar-refractivity contribution in [1.29, 1.82) is 0 Å². The molecular formula is C25H38N4O4. The Labute approximate surface area is 196 Å². The Morgan fingerprint density at radius 3 is 1.91 bits per heavy atom. The van der Waals surface area contributed by atoms with Crippen molar-refractivity contribution in [3.8, 4) is 0 Å². The van der Waals surface area contributed by atoms with Gasteiger partial charge in [-0.1, -0.05) is 0 Å². The van der Waals surface area contributed by atoms with Crippen LogP contribution in [0.15, 0.2) is 0 Å². The Morgan fingerprint density at radius 2 is 1.36 bits per heavy atom. The van der Waals surface area contributed by atoms with Crippen LogP contribution in [0.5, 0.6) is 0 Å². The highest BCUT2D eigenvalue weighted by Gasteiger charge is 2.57. The molecule has 8 heteroatoms. The van der Waals surface area contributed by atoms with E-state index in [1.165, 1.54) is 24.2 Å². The van der Waals surface area contributed by atoms with E-state index in [2.05, 4.69) is 5.32 Å². The molecule has 182 valence electrons. The Balaban J connectivity index is 1.20. The highest BCUT2D eigenvalue weighted by Crippen LogP contribution is 2.60. The van der Waals surface area contributed by atoms with Gasteiger partial charge in [0.05, 0.1) is 5.41 Å². The number of nitrogens with one attached hydrogen (secondary N) is 1. The molecule has 6 aliphatic rings. The third-order valence-electron chi connectivity index (χ3n) is 8.78. The van der Waals surface area contributed by atoms with Gasteiger partial charge in [-0.3, -0.25) is 19.2 Å². The second kappa shape index (κ2) is 8.58. The van der Waals surface area contributed by atoms with Crippen molar-refractivity contribution in [3.63, 3.8) is 0 Å². The van der Waals surface area contributed by atoms with Crippen molar-refractivity contribution < 1.29 is 19.2 Å². The van der Waals surface area contributed by atoms with Gasteiger partial charge in [0.2, 0.25) is 11.8 Å². The van der Waals surface area contributed by atoms with Crippen LogP contribution in [0.1, 0.15) is 65.2 Å². The molecule has 33 heavy (non-hydrogen) atoms. The second-order valence-corrected chi connectivity index (χ2v) is 11.6. The minimum Gasteiger partial charge on any atom is -0.346 e. The summed E-state index contributed by atoms with van der Waals surface area (Å²) in [6.45, 7) is 5.85. The molecule has 4 bridgehead atoms. The fourth-order valence-electron chi connectivity index (χ4n) is 7.75. The number of piperazine rings is 1. The van der Waals surface area contributed by atoms with Gasteiger partial charge in [-0.05, 0) is 83.0 Å². The molecule has 0 aromatic carbocycles. The average Bonchev–Trinajstić information content (AvgIpc) is 3.26. The summed E-state index contributed by atoms with van der Waals surface area (Å²) in [6, 6.07) is -0.457. The molecule has 8 nitrogen and oxygen atoms in total. The lowest BCUT2D eigenvalue weighted by Gasteiger charge is -2.56. The van der Waals surface area contributed by atoms with Crippen LogP contribution in [0.25, 0.3) is 0 Å². The summed E-state index contributed by atoms with van der Waals surface area (Å²) >= 11 is 0. The standard InChI is InChI=1S/C25H38N4O4/c1-16(2)26-21(30)23(32)28-8-6-27(7-9-28)22(31)20-4-3-5-29(20)24(33)25-13-17-10-18(14-25)12-19(11-17)15-25/h16-20H,3-15H2,1-2H3,(H,26,30). The first-order valence-corrected chi connectivity index (χ1v) is 13.0. The summed E-state index contributed by atoms with van der Waals surface area (Å²) in [4.78, 5) is 56.9. The third-order valence-corrected chi connectivity index (χ3v) is 8.78. The van der Waals surface area contributed by atoms with E-state index in [1.807, 2.05) is 18.7 Å². The molecule has 1 atom stereocenters. The van der Waals surface area contributed by atoms with Crippen molar-refractivity contribution in [1.82, 2.24) is 20.0 Å². The maximum absolute atomic E-state index is 13.9. The predicted molar refractivity (Wildman–Crippen MR) is 122 cm³/mol. The fourth-order valence-corrected chi connectivity index (χ4v) is 7.75. The molecule has 1 unspecified atom stereocenters. The van der Waals surface area contributed by atoms with Gasteiger partial charge in [0.15, 0.2) is 0 Å². The molecule has 0 radical (unpaired) electrons. The molecule has 0 aromatic rings. The summed E-state index contributed by atoms with van der Waals surface area (Å²) in [5.74, 6) is 1.26. The minimum absolute atomic E-state index is 0.0179. The second-order valence-electron chi connectivity index (χ2n) is 11.6. The van der Waals surface area contributed by atoms with Crippen LogP contribution in [0, 0.1) is 23.2 Å². The van der Waals surface area contributed by atoms with Crippen molar-refractivity contribution in [2.45, 2.75) is 77.3 Å². The van der Waals surface area contributed by atoms with Gasteiger partial charge in [-0.15, -0.1) is 0 Å². The monoisotopic (exact) mass is 458 g/mol. The highest BCUT2D eigenvalue weighted by molar-refractivity contribution is 6.35. The summed E-state index contributed by atoms with van der Waals surface area (Å²) < 4.78 is 0. The van der Waals surface area contributed by atoms with Crippen LogP contribution < -0.4 is 5.32 Å². The zero-order chi connectivity index (χ0) is 23.3. The normalized spacial score (nSPS) is 35.3. The topological polar surface area (TPSA) is 90.0 Å². The smallest absolute Gasteiger partial charge is 0.312 e. The van der Waals surface area contributed by atoms with Crippen LogP contribution in [-0.4, -0.2) is 83.1 Å². The van der Waals surface area contributed by atoms with E-state index in [0.717, 1.165) is 32.1 Å². The Bertz CT molecular complexity index is 797. The highest BCUT2D eigenvalue weighted by atomic mass is 16.2. The fraction of sp³-hybridized carbons (Fsp3) is 0.840. The molecular weight excluding hydrogens is 420 g/mol. The molecule has 6 fully saturated rings. The van der Waals surface area contributed by atoms with Gasteiger partial charge < -0.3 is 20.0 Å². The maximum Gasteiger partial charge on any atom is 0.312 e. The van der Waals surface area contributed by atoms with Crippen LogP contribution in [0.3, 0.4) is 0 Å². The van der Waals surface area contributed by atoms with Crippen LogP contribution in [0.4, 0.5) is 0 Å². The van der Waals surface area contributed by atoms with E-state index in [0.29, 0.717) is 50.5 Å². The molecule has 0 spiro atoms. The number of hydrogen-bond donors (Lipinski definition) is 1. The molecule has 4 amide bonds. The van der Waals surface area contributed by atoms with Crippen molar-refractivity contribution in [2.75, 3.05) is 32.7 Å². The number of carbonyl (C=O) groups is 4. The van der Waals surface area contributed by atoms with Crippen LogP contribution in [-0.2, 0) is 19.2 Å². The van der Waals surface area contributed by atoms with Gasteiger partial charge >= 0.3 is 11.8 Å². The number of amides is 4. The molecule has 0 aromatic heterocycles. The third kappa shape index (κ3) is 4.14. The zero-order valence-electron chi connectivity index (χ0n) is 20.1. The van der Waals surface area contributed by atoms with Crippen molar-refractivity contribution in [3.05, 3.63) is 0 Å². The van der Waals surface area contributed by atoms with Gasteiger partial charge in [0.1, 0.15) is 6.04 Å². The number of nitrogens with zero attached hydrogens (tertiary/aromatic N) is 3. The number of hydrogen-bond acceptors (Lipinski definition) is 4. The van der Waals surface area contributed by atoms with Gasteiger partial charge in [0.25, 0.3) is 0 Å². The number of rotatable bonds is 3. The Morgan fingerprint density at radius 1 is 0.818 bits per heavy atom. The SMILES string of the molecule is CC(C)NC(=O)C(=O)N1CCN(C(=O)C2CCCN2C(=O)C23CC4CC(CC(C4)C2)C3)CC1. The molecule has 2 aliphatic heterocycles. The summed E-state index contributed by atoms with van der Waals surface area (Å²) in [7, 11) is 0. The molecule has 6 rings (SSSR count). The van der Waals surface area contributed by atoms with E-state index < -0.39 is 11.8 Å². The van der Waals surface area contributed by atoms with E-state index in [4.69, 9.17) is 0 Å². The number of likely N-dealkylation sites (tertiary alicyclic amines) is 1. The molecule has 2 saturated heterocycles. The van der Waals surface area contributed by atoms with Gasteiger partial charge in [0, 0.05) is 38.8 Å². The largest absolute Gasteiger partial charge is 0.346 e. The quantitative estimate of drug-likeness (QED) is 0.647. The van der Waals surface area contributed by atoms with E-state index >= 15 is 0 Å². The first kappa shape index (κ1) is 22.7. The summed E-state index contributed by atoms with van der Waals surface area (Å²) in [5.41, 5.74) is -0.216. The van der Waals surface area contributed by atoms with Gasteiger partial charge in [-0.2, -0.15) is 0 Å². The average molecular weight is 459 g/mol. The molecule has 4 aliphatic carbocycles.